The summed E-state index contributed by atoms with van der Waals surface area (Å²) in [6.45, 7) is 5.28. The molecule has 0 aliphatic heterocycles. The van der Waals surface area contributed by atoms with Crippen molar-refractivity contribution in [2.45, 2.75) is 37.3 Å². The van der Waals surface area contributed by atoms with Crippen LogP contribution in [0.3, 0.4) is 0 Å². The van der Waals surface area contributed by atoms with Crippen LogP contribution in [0.15, 0.2) is 70.4 Å². The van der Waals surface area contributed by atoms with Crippen LogP contribution in [-0.2, 0) is 17.9 Å². The van der Waals surface area contributed by atoms with Crippen LogP contribution in [0, 0.1) is 0 Å². The number of rotatable bonds is 7. The fourth-order valence-electron chi connectivity index (χ4n) is 3.86. The molecule has 1 N–H and O–H groups in total. The molecule has 8 nitrogen and oxygen atoms in total. The summed E-state index contributed by atoms with van der Waals surface area (Å²) in [4.78, 5) is 12.9. The van der Waals surface area contributed by atoms with Crippen molar-refractivity contribution in [2.24, 2.45) is 0 Å². The molecule has 0 aliphatic carbocycles. The van der Waals surface area contributed by atoms with Crippen molar-refractivity contribution in [3.05, 3.63) is 66.6 Å². The fourth-order valence-corrected chi connectivity index (χ4v) is 4.65. The van der Waals surface area contributed by atoms with Crippen LogP contribution in [0.2, 0.25) is 0 Å². The lowest BCUT2D eigenvalue weighted by Crippen LogP contribution is -2.23. The number of aromatic nitrogens is 5. The van der Waals surface area contributed by atoms with Crippen LogP contribution in [0.1, 0.15) is 19.6 Å². The maximum absolute atomic E-state index is 12.9. The van der Waals surface area contributed by atoms with E-state index < -0.39 is 0 Å². The Kier molecular flexibility index (Phi) is 5.40. The predicted molar refractivity (Wildman–Crippen MR) is 125 cm³/mol. The molecule has 1 atom stereocenters. The molecule has 0 radical (unpaired) electrons. The molecule has 1 unspecified atom stereocenters. The van der Waals surface area contributed by atoms with E-state index in [4.69, 9.17) is 4.42 Å². The number of hydrogen-bond donors (Lipinski definition) is 1. The largest absolute Gasteiger partial charge is 0.467 e. The topological polar surface area (TPSA) is 90.8 Å². The first-order chi connectivity index (χ1) is 15.6. The number of nitrogens with one attached hydrogen (secondary N) is 1. The highest BCUT2D eigenvalue weighted by molar-refractivity contribution is 8.00. The lowest BCUT2D eigenvalue weighted by Gasteiger charge is -2.12. The van der Waals surface area contributed by atoms with E-state index in [1.807, 2.05) is 37.3 Å². The van der Waals surface area contributed by atoms with E-state index in [0.717, 1.165) is 28.9 Å². The number of thioether (sulfide) groups is 1. The number of nitrogens with zero attached hydrogens (tertiary/aromatic N) is 5. The highest BCUT2D eigenvalue weighted by Gasteiger charge is 2.20. The number of furan rings is 1. The van der Waals surface area contributed by atoms with Gasteiger partial charge in [-0.2, -0.15) is 0 Å². The van der Waals surface area contributed by atoms with E-state index in [1.165, 1.54) is 22.7 Å². The number of carbonyl (C=O) groups is 1. The molecular weight excluding hydrogens is 424 g/mol. The van der Waals surface area contributed by atoms with E-state index >= 15 is 0 Å². The van der Waals surface area contributed by atoms with Crippen molar-refractivity contribution in [3.63, 3.8) is 0 Å². The molecule has 0 saturated carbocycles. The number of anilines is 1. The first-order valence-electron chi connectivity index (χ1n) is 10.4. The first kappa shape index (κ1) is 20.3. The number of hydrogen-bond acceptors (Lipinski definition) is 6. The van der Waals surface area contributed by atoms with E-state index in [9.17, 15) is 4.79 Å². The second-order valence-corrected chi connectivity index (χ2v) is 8.75. The highest BCUT2D eigenvalue weighted by atomic mass is 32.2. The lowest BCUT2D eigenvalue weighted by molar-refractivity contribution is -0.115. The minimum Gasteiger partial charge on any atom is -0.467 e. The normalized spacial score (nSPS) is 12.4. The van der Waals surface area contributed by atoms with Crippen molar-refractivity contribution >= 4 is 45.2 Å². The number of carbonyl (C=O) groups excluding carboxylic acids is 1. The van der Waals surface area contributed by atoms with Gasteiger partial charge in [0.1, 0.15) is 12.3 Å². The molecule has 32 heavy (non-hydrogen) atoms. The Bertz CT molecular complexity index is 1390. The van der Waals surface area contributed by atoms with Gasteiger partial charge in [-0.3, -0.25) is 4.79 Å². The summed E-state index contributed by atoms with van der Waals surface area (Å²) >= 11 is 1.31. The summed E-state index contributed by atoms with van der Waals surface area (Å²) in [5, 5.41) is 17.3. The Morgan fingerprint density at radius 1 is 1.12 bits per heavy atom. The van der Waals surface area contributed by atoms with Gasteiger partial charge < -0.3 is 14.3 Å². The predicted octanol–water partition coefficient (Wildman–Crippen LogP) is 4.56. The van der Waals surface area contributed by atoms with Gasteiger partial charge in [-0.25, -0.2) is 4.68 Å². The van der Waals surface area contributed by atoms with Crippen LogP contribution in [-0.4, -0.2) is 35.9 Å². The van der Waals surface area contributed by atoms with Gasteiger partial charge in [0.15, 0.2) is 0 Å². The maximum atomic E-state index is 12.9. The molecule has 5 rings (SSSR count). The average molecular weight is 447 g/mol. The van der Waals surface area contributed by atoms with Crippen LogP contribution < -0.4 is 5.32 Å². The zero-order valence-electron chi connectivity index (χ0n) is 17.7. The molecule has 3 aromatic heterocycles. The second-order valence-electron chi connectivity index (χ2n) is 7.44. The number of para-hydroxylation sites is 1. The van der Waals surface area contributed by atoms with Gasteiger partial charge in [-0.1, -0.05) is 30.0 Å². The third-order valence-electron chi connectivity index (χ3n) is 5.39. The zero-order valence-corrected chi connectivity index (χ0v) is 18.5. The maximum Gasteiger partial charge on any atom is 0.237 e. The molecule has 0 spiro atoms. The number of fused-ring (bicyclic) bond motifs is 3. The molecule has 3 heterocycles. The van der Waals surface area contributed by atoms with Crippen molar-refractivity contribution < 1.29 is 9.21 Å². The van der Waals surface area contributed by atoms with Gasteiger partial charge in [-0.05, 0) is 60.7 Å². The Morgan fingerprint density at radius 3 is 2.78 bits per heavy atom. The summed E-state index contributed by atoms with van der Waals surface area (Å²) < 4.78 is 9.27. The molecule has 2 aromatic carbocycles. The molecule has 0 aliphatic rings. The third kappa shape index (κ3) is 3.75. The van der Waals surface area contributed by atoms with Crippen molar-refractivity contribution in [2.75, 3.05) is 5.32 Å². The van der Waals surface area contributed by atoms with E-state index in [1.54, 1.807) is 10.9 Å². The van der Waals surface area contributed by atoms with Crippen LogP contribution in [0.5, 0.6) is 0 Å². The Hall–Kier alpha value is -3.59. The van der Waals surface area contributed by atoms with E-state index in [2.05, 4.69) is 56.6 Å². The van der Waals surface area contributed by atoms with Gasteiger partial charge in [0, 0.05) is 34.0 Å². The lowest BCUT2D eigenvalue weighted by atomic mass is 10.1. The third-order valence-corrected chi connectivity index (χ3v) is 6.46. The molecule has 1 amide bonds. The summed E-state index contributed by atoms with van der Waals surface area (Å²) in [7, 11) is 0. The quantitative estimate of drug-likeness (QED) is 0.369. The molecule has 9 heteroatoms. The summed E-state index contributed by atoms with van der Waals surface area (Å²) in [5.74, 6) is 0.636. The minimum atomic E-state index is -0.385. The molecule has 0 fully saturated rings. The Morgan fingerprint density at radius 2 is 1.97 bits per heavy atom. The first-order valence-corrected chi connectivity index (χ1v) is 11.3. The molecular formula is C23H22N6O2S. The summed E-state index contributed by atoms with van der Waals surface area (Å²) in [6.07, 6.45) is 1.61. The van der Waals surface area contributed by atoms with Crippen molar-refractivity contribution in [1.82, 2.24) is 24.8 Å². The SMILES string of the molecule is CCn1c2ccccc2c2cc(NC(=O)C(C)Sc3nnnn3Cc3ccco3)ccc21. The second kappa shape index (κ2) is 8.51. The average Bonchev–Trinajstić information content (AvgIpc) is 3.54. The highest BCUT2D eigenvalue weighted by Crippen LogP contribution is 2.31. The van der Waals surface area contributed by atoms with Crippen LogP contribution in [0.25, 0.3) is 21.8 Å². The molecule has 0 bridgehead atoms. The van der Waals surface area contributed by atoms with Crippen molar-refractivity contribution in [1.29, 1.82) is 0 Å². The monoisotopic (exact) mass is 446 g/mol. The number of aryl methyl sites for hydroxylation is 1. The van der Waals surface area contributed by atoms with Gasteiger partial charge in [-0.15, -0.1) is 5.10 Å². The zero-order chi connectivity index (χ0) is 22.1. The molecule has 5 aromatic rings. The molecule has 162 valence electrons. The summed E-state index contributed by atoms with van der Waals surface area (Å²) in [5.41, 5.74) is 3.12. The number of benzene rings is 2. The standard InChI is InChI=1S/C23H22N6O2S/c1-3-28-20-9-5-4-8-18(20)19-13-16(10-11-21(19)28)24-22(30)15(2)32-23-25-26-27-29(23)14-17-7-6-12-31-17/h4-13,15H,3,14H2,1-2H3,(H,24,30). The van der Waals surface area contributed by atoms with Gasteiger partial charge >= 0.3 is 0 Å². The number of tetrazole rings is 1. The Balaban J connectivity index is 1.34. The van der Waals surface area contributed by atoms with Gasteiger partial charge in [0.05, 0.1) is 11.5 Å². The minimum absolute atomic E-state index is 0.110. The smallest absolute Gasteiger partial charge is 0.237 e. The van der Waals surface area contributed by atoms with Crippen LogP contribution in [0.4, 0.5) is 5.69 Å². The van der Waals surface area contributed by atoms with E-state index in [0.29, 0.717) is 11.7 Å². The van der Waals surface area contributed by atoms with Gasteiger partial charge in [0.25, 0.3) is 0 Å². The van der Waals surface area contributed by atoms with Crippen molar-refractivity contribution in [3.8, 4) is 0 Å². The molecule has 0 saturated heterocycles. The fraction of sp³-hybridized carbons (Fsp3) is 0.217. The Labute approximate surface area is 188 Å². The van der Waals surface area contributed by atoms with E-state index in [-0.39, 0.29) is 11.2 Å². The van der Waals surface area contributed by atoms with Crippen LogP contribution >= 0.6 is 11.8 Å². The number of amides is 1. The van der Waals surface area contributed by atoms with Gasteiger partial charge in [0.2, 0.25) is 11.1 Å². The summed E-state index contributed by atoms with van der Waals surface area (Å²) in [6, 6.07) is 18.1.